The fraction of sp³-hybridized carbons (Fsp3) is 0.733. The molecule has 4 aliphatic rings. The zero-order valence-electron chi connectivity index (χ0n) is 11.1. The van der Waals surface area contributed by atoms with Gasteiger partial charge in [0.2, 0.25) is 0 Å². The largest absolute Gasteiger partial charge is 0.461 e. The second kappa shape index (κ2) is 3.22. The SMILES string of the molecule is C=C(C)C(=O)OC12CC3CC4C(=O)OC(C1)C4(C3)C2. The van der Waals surface area contributed by atoms with Crippen LogP contribution in [-0.4, -0.2) is 23.6 Å². The van der Waals surface area contributed by atoms with Gasteiger partial charge in [0, 0.05) is 17.4 Å². The van der Waals surface area contributed by atoms with Crippen molar-refractivity contribution in [3.8, 4) is 0 Å². The van der Waals surface area contributed by atoms with Crippen LogP contribution >= 0.6 is 0 Å². The number of rotatable bonds is 2. The van der Waals surface area contributed by atoms with Crippen molar-refractivity contribution in [2.24, 2.45) is 17.3 Å². The molecule has 0 aromatic heterocycles. The van der Waals surface area contributed by atoms with E-state index in [0.29, 0.717) is 17.9 Å². The van der Waals surface area contributed by atoms with E-state index in [2.05, 4.69) is 6.58 Å². The van der Waals surface area contributed by atoms with Crippen molar-refractivity contribution in [2.45, 2.75) is 50.7 Å². The molecule has 19 heavy (non-hydrogen) atoms. The first-order chi connectivity index (χ1) is 8.94. The maximum Gasteiger partial charge on any atom is 0.333 e. The third-order valence-corrected chi connectivity index (χ3v) is 5.64. The fourth-order valence-corrected chi connectivity index (χ4v) is 5.16. The summed E-state index contributed by atoms with van der Waals surface area (Å²) in [5, 5.41) is 0. The molecule has 0 N–H and O–H groups in total. The lowest BCUT2D eigenvalue weighted by Crippen LogP contribution is -2.39. The van der Waals surface area contributed by atoms with Gasteiger partial charge in [0.15, 0.2) is 0 Å². The van der Waals surface area contributed by atoms with Gasteiger partial charge in [0.05, 0.1) is 5.92 Å². The topological polar surface area (TPSA) is 52.6 Å². The van der Waals surface area contributed by atoms with E-state index in [1.807, 2.05) is 0 Å². The summed E-state index contributed by atoms with van der Waals surface area (Å²) in [7, 11) is 0. The summed E-state index contributed by atoms with van der Waals surface area (Å²) in [6.45, 7) is 5.33. The lowest BCUT2D eigenvalue weighted by molar-refractivity contribution is -0.159. The highest BCUT2D eigenvalue weighted by Gasteiger charge is 2.73. The highest BCUT2D eigenvalue weighted by atomic mass is 16.6. The van der Waals surface area contributed by atoms with Crippen molar-refractivity contribution in [2.75, 3.05) is 0 Å². The highest BCUT2D eigenvalue weighted by Crippen LogP contribution is 2.70. The van der Waals surface area contributed by atoms with E-state index in [4.69, 9.17) is 9.47 Å². The van der Waals surface area contributed by atoms with Crippen LogP contribution < -0.4 is 0 Å². The fourth-order valence-electron chi connectivity index (χ4n) is 5.16. The summed E-state index contributed by atoms with van der Waals surface area (Å²) >= 11 is 0. The molecule has 102 valence electrons. The Morgan fingerprint density at radius 2 is 2.21 bits per heavy atom. The molecule has 4 heteroatoms. The Morgan fingerprint density at radius 3 is 2.95 bits per heavy atom. The lowest BCUT2D eigenvalue weighted by atomic mass is 9.72. The van der Waals surface area contributed by atoms with Crippen LogP contribution in [0.3, 0.4) is 0 Å². The lowest BCUT2D eigenvalue weighted by Gasteiger charge is -2.37. The van der Waals surface area contributed by atoms with Crippen LogP contribution in [0.2, 0.25) is 0 Å². The molecule has 0 aromatic rings. The Balaban J connectivity index is 1.68. The van der Waals surface area contributed by atoms with Gasteiger partial charge >= 0.3 is 11.9 Å². The molecular weight excluding hydrogens is 244 g/mol. The minimum absolute atomic E-state index is 0.0192. The standard InChI is InChI=1S/C15H18O4/c1-8(2)12(16)19-14-4-9-3-10-13(17)18-11(6-14)15(10,5-9)7-14/h9-11H,1,3-7H2,2H3. The average molecular weight is 262 g/mol. The van der Waals surface area contributed by atoms with Crippen molar-refractivity contribution in [3.05, 3.63) is 12.2 Å². The van der Waals surface area contributed by atoms with E-state index in [1.54, 1.807) is 6.92 Å². The molecule has 3 saturated carbocycles. The summed E-state index contributed by atoms with van der Waals surface area (Å²) in [4.78, 5) is 23.8. The Hall–Kier alpha value is -1.32. The van der Waals surface area contributed by atoms with Crippen LogP contribution in [-0.2, 0) is 19.1 Å². The molecule has 3 aliphatic carbocycles. The number of hydrogen-bond donors (Lipinski definition) is 0. The third kappa shape index (κ3) is 1.30. The first-order valence-electron chi connectivity index (χ1n) is 7.03. The summed E-state index contributed by atoms with van der Waals surface area (Å²) in [5.74, 6) is 0.236. The van der Waals surface area contributed by atoms with Crippen LogP contribution in [0.15, 0.2) is 12.2 Å². The number of carbonyl (C=O) groups is 2. The molecule has 0 radical (unpaired) electrons. The molecule has 4 nitrogen and oxygen atoms in total. The summed E-state index contributed by atoms with van der Waals surface area (Å²) in [6, 6.07) is 0. The van der Waals surface area contributed by atoms with Gasteiger partial charge in [0.25, 0.3) is 0 Å². The van der Waals surface area contributed by atoms with Gasteiger partial charge in [-0.15, -0.1) is 0 Å². The minimum Gasteiger partial charge on any atom is -0.461 e. The van der Waals surface area contributed by atoms with E-state index in [9.17, 15) is 9.59 Å². The van der Waals surface area contributed by atoms with Crippen LogP contribution in [0.4, 0.5) is 0 Å². The number of fused-ring (bicyclic) bond motifs is 2. The van der Waals surface area contributed by atoms with Gasteiger partial charge in [-0.2, -0.15) is 0 Å². The smallest absolute Gasteiger partial charge is 0.333 e. The predicted molar refractivity (Wildman–Crippen MR) is 66.0 cm³/mol. The van der Waals surface area contributed by atoms with Gasteiger partial charge < -0.3 is 9.47 Å². The second-order valence-electron chi connectivity index (χ2n) is 6.96. The molecule has 5 atom stereocenters. The van der Waals surface area contributed by atoms with Crippen LogP contribution in [0.5, 0.6) is 0 Å². The second-order valence-corrected chi connectivity index (χ2v) is 6.96. The Labute approximate surface area is 112 Å². The molecule has 3 bridgehead atoms. The molecule has 1 heterocycles. The van der Waals surface area contributed by atoms with Crippen molar-refractivity contribution in [3.63, 3.8) is 0 Å². The molecule has 4 fully saturated rings. The first-order valence-corrected chi connectivity index (χ1v) is 7.03. The zero-order chi connectivity index (χ0) is 13.4. The van der Waals surface area contributed by atoms with Crippen LogP contribution in [0.25, 0.3) is 0 Å². The Kier molecular flexibility index (Phi) is 1.95. The van der Waals surface area contributed by atoms with Crippen LogP contribution in [0, 0.1) is 17.3 Å². The number of hydrogen-bond acceptors (Lipinski definition) is 4. The van der Waals surface area contributed by atoms with Crippen molar-refractivity contribution < 1.29 is 19.1 Å². The summed E-state index contributed by atoms with van der Waals surface area (Å²) in [6.07, 6.45) is 4.33. The molecule has 5 unspecified atom stereocenters. The van der Waals surface area contributed by atoms with Gasteiger partial charge in [-0.1, -0.05) is 6.58 Å². The number of ether oxygens (including phenoxy) is 2. The Bertz CT molecular complexity index is 510. The molecule has 1 spiro atoms. The van der Waals surface area contributed by atoms with Crippen molar-refractivity contribution >= 4 is 11.9 Å². The van der Waals surface area contributed by atoms with Gasteiger partial charge in [-0.25, -0.2) is 4.79 Å². The molecule has 1 saturated heterocycles. The minimum atomic E-state index is -0.404. The maximum absolute atomic E-state index is 11.9. The molecule has 0 amide bonds. The predicted octanol–water partition coefficient (Wildman–Crippen LogP) is 1.98. The molecular formula is C15H18O4. The van der Waals surface area contributed by atoms with Crippen molar-refractivity contribution in [1.29, 1.82) is 0 Å². The monoisotopic (exact) mass is 262 g/mol. The Morgan fingerprint density at radius 1 is 1.42 bits per heavy atom. The summed E-state index contributed by atoms with van der Waals surface area (Å²) in [5.41, 5.74) is 0.00409. The van der Waals surface area contributed by atoms with E-state index < -0.39 is 5.60 Å². The van der Waals surface area contributed by atoms with Gasteiger partial charge in [-0.05, 0) is 38.5 Å². The van der Waals surface area contributed by atoms with E-state index >= 15 is 0 Å². The quantitative estimate of drug-likeness (QED) is 0.564. The highest BCUT2D eigenvalue weighted by molar-refractivity contribution is 5.87. The van der Waals surface area contributed by atoms with Crippen LogP contribution in [0.1, 0.15) is 39.0 Å². The van der Waals surface area contributed by atoms with Gasteiger partial charge in [0.1, 0.15) is 11.7 Å². The van der Waals surface area contributed by atoms with Gasteiger partial charge in [-0.3, -0.25) is 4.79 Å². The molecule has 1 aliphatic heterocycles. The molecule has 4 rings (SSSR count). The zero-order valence-corrected chi connectivity index (χ0v) is 11.1. The maximum atomic E-state index is 11.9. The average Bonchev–Trinajstić information content (AvgIpc) is 2.80. The normalized spacial score (nSPS) is 49.1. The number of carbonyl (C=O) groups excluding carboxylic acids is 2. The van der Waals surface area contributed by atoms with E-state index in [1.165, 1.54) is 0 Å². The summed E-state index contributed by atoms with van der Waals surface area (Å²) < 4.78 is 11.3. The first kappa shape index (κ1) is 11.5. The van der Waals surface area contributed by atoms with Crippen molar-refractivity contribution in [1.82, 2.24) is 0 Å². The van der Waals surface area contributed by atoms with E-state index in [-0.39, 0.29) is 29.4 Å². The molecule has 0 aromatic carbocycles. The third-order valence-electron chi connectivity index (χ3n) is 5.64. The number of esters is 2. The van der Waals surface area contributed by atoms with E-state index in [0.717, 1.165) is 25.7 Å².